The van der Waals surface area contributed by atoms with E-state index in [-0.39, 0.29) is 5.82 Å². The van der Waals surface area contributed by atoms with Crippen LogP contribution in [0.15, 0.2) is 12.1 Å². The van der Waals surface area contributed by atoms with Crippen molar-refractivity contribution in [3.63, 3.8) is 0 Å². The summed E-state index contributed by atoms with van der Waals surface area (Å²) in [5.74, 6) is -0.287. The van der Waals surface area contributed by atoms with Crippen LogP contribution in [0.4, 0.5) is 10.1 Å². The molecular weight excluding hydrogens is 221 g/mol. The van der Waals surface area contributed by atoms with E-state index in [4.69, 9.17) is 4.74 Å². The highest BCUT2D eigenvalue weighted by atomic mass is 19.1. The van der Waals surface area contributed by atoms with Gasteiger partial charge in [0.1, 0.15) is 5.82 Å². The van der Waals surface area contributed by atoms with Crippen LogP contribution in [0.2, 0.25) is 0 Å². The zero-order valence-electron chi connectivity index (χ0n) is 10.8. The number of ether oxygens (including phenoxy) is 1. The second kappa shape index (κ2) is 5.98. The first kappa shape index (κ1) is 13.9. The van der Waals surface area contributed by atoms with E-state index >= 15 is 0 Å². The van der Waals surface area contributed by atoms with Crippen LogP contribution in [0, 0.1) is 12.7 Å². The molecule has 1 rings (SSSR count). The molecule has 1 aromatic rings. The smallest absolute Gasteiger partial charge is 0.126 e. The van der Waals surface area contributed by atoms with Gasteiger partial charge in [0.15, 0.2) is 0 Å². The molecule has 0 saturated carbocycles. The Labute approximate surface area is 102 Å². The minimum absolute atomic E-state index is 0.287. The van der Waals surface area contributed by atoms with Crippen LogP contribution in [-0.4, -0.2) is 32.4 Å². The summed E-state index contributed by atoms with van der Waals surface area (Å²) in [6, 6.07) is 3.16. The molecule has 3 nitrogen and oxygen atoms in total. The van der Waals surface area contributed by atoms with E-state index in [9.17, 15) is 9.50 Å². The molecule has 0 aliphatic heterocycles. The third kappa shape index (κ3) is 3.41. The summed E-state index contributed by atoms with van der Waals surface area (Å²) in [4.78, 5) is 1.96. The maximum atomic E-state index is 13.5. The molecule has 96 valence electrons. The molecule has 1 aromatic carbocycles. The summed E-state index contributed by atoms with van der Waals surface area (Å²) in [5, 5.41) is 9.67. The molecule has 0 spiro atoms. The molecule has 4 heteroatoms. The first-order valence-corrected chi connectivity index (χ1v) is 5.65. The largest absolute Gasteiger partial charge is 0.389 e. The van der Waals surface area contributed by atoms with E-state index in [0.717, 1.165) is 5.69 Å². The second-order valence-corrected chi connectivity index (χ2v) is 4.25. The van der Waals surface area contributed by atoms with Crippen molar-refractivity contribution in [2.24, 2.45) is 0 Å². The second-order valence-electron chi connectivity index (χ2n) is 4.25. The number of rotatable bonds is 5. The molecule has 0 saturated heterocycles. The summed E-state index contributed by atoms with van der Waals surface area (Å²) in [6.45, 7) is 4.64. The van der Waals surface area contributed by atoms with Crippen molar-refractivity contribution in [3.05, 3.63) is 29.1 Å². The average molecular weight is 241 g/mol. The van der Waals surface area contributed by atoms with Crippen LogP contribution < -0.4 is 4.90 Å². The monoisotopic (exact) mass is 241 g/mol. The van der Waals surface area contributed by atoms with Gasteiger partial charge in [-0.1, -0.05) is 0 Å². The van der Waals surface area contributed by atoms with Gasteiger partial charge in [0.05, 0.1) is 12.7 Å². The Kier molecular flexibility index (Phi) is 4.90. The van der Waals surface area contributed by atoms with Crippen molar-refractivity contribution in [1.82, 2.24) is 0 Å². The van der Waals surface area contributed by atoms with Gasteiger partial charge >= 0.3 is 0 Å². The number of likely N-dealkylation sites (N-methyl/N-ethyl adjacent to an activating group) is 1. The summed E-state index contributed by atoms with van der Waals surface area (Å²) >= 11 is 0. The summed E-state index contributed by atoms with van der Waals surface area (Å²) in [5.41, 5.74) is 2.02. The van der Waals surface area contributed by atoms with Gasteiger partial charge in [-0.2, -0.15) is 0 Å². The number of hydrogen-bond donors (Lipinski definition) is 1. The van der Waals surface area contributed by atoms with Crippen molar-refractivity contribution >= 4 is 5.69 Å². The van der Waals surface area contributed by atoms with Gasteiger partial charge in [-0.25, -0.2) is 4.39 Å². The van der Waals surface area contributed by atoms with Crippen molar-refractivity contribution in [3.8, 4) is 0 Å². The minimum Gasteiger partial charge on any atom is -0.389 e. The van der Waals surface area contributed by atoms with Gasteiger partial charge < -0.3 is 14.7 Å². The van der Waals surface area contributed by atoms with E-state index in [1.54, 1.807) is 27.0 Å². The Balaban J connectivity index is 3.07. The van der Waals surface area contributed by atoms with Crippen LogP contribution >= 0.6 is 0 Å². The van der Waals surface area contributed by atoms with Crippen LogP contribution in [0.5, 0.6) is 0 Å². The summed E-state index contributed by atoms with van der Waals surface area (Å²) < 4.78 is 18.5. The predicted molar refractivity (Wildman–Crippen MR) is 66.9 cm³/mol. The molecular formula is C13H20FNO2. The van der Waals surface area contributed by atoms with Crippen molar-refractivity contribution in [2.45, 2.75) is 20.0 Å². The lowest BCUT2D eigenvalue weighted by atomic mass is 10.0. The van der Waals surface area contributed by atoms with Crippen LogP contribution in [-0.2, 0) is 4.74 Å². The van der Waals surface area contributed by atoms with Crippen LogP contribution in [0.25, 0.3) is 0 Å². The molecule has 0 radical (unpaired) electrons. The van der Waals surface area contributed by atoms with Gasteiger partial charge in [-0.15, -0.1) is 0 Å². The van der Waals surface area contributed by atoms with Crippen LogP contribution in [0.3, 0.4) is 0 Å². The van der Waals surface area contributed by atoms with Gasteiger partial charge in [0.25, 0.3) is 0 Å². The van der Waals surface area contributed by atoms with E-state index in [1.807, 2.05) is 11.9 Å². The van der Waals surface area contributed by atoms with E-state index in [1.165, 1.54) is 6.07 Å². The standard InChI is InChI=1S/C13H20FNO2/c1-9-7-13(15(3)5-6-17-4)11(10(2)16)8-12(9)14/h7-8,10,16H,5-6H2,1-4H3/t10-/m0/s1. The van der Waals surface area contributed by atoms with Crippen molar-refractivity contribution in [1.29, 1.82) is 0 Å². The summed E-state index contributed by atoms with van der Waals surface area (Å²) in [6.07, 6.45) is -0.690. The van der Waals surface area contributed by atoms with Crippen LogP contribution in [0.1, 0.15) is 24.2 Å². The zero-order chi connectivity index (χ0) is 13.0. The number of methoxy groups -OCH3 is 1. The fourth-order valence-corrected chi connectivity index (χ4v) is 1.70. The highest BCUT2D eigenvalue weighted by Gasteiger charge is 2.14. The number of benzene rings is 1. The van der Waals surface area contributed by atoms with E-state index in [0.29, 0.717) is 24.3 Å². The van der Waals surface area contributed by atoms with Gasteiger partial charge in [0, 0.05) is 32.0 Å². The molecule has 0 heterocycles. The molecule has 1 atom stereocenters. The third-order valence-electron chi connectivity index (χ3n) is 2.80. The Bertz CT molecular complexity index is 380. The zero-order valence-corrected chi connectivity index (χ0v) is 10.8. The SMILES string of the molecule is COCCN(C)c1cc(C)c(F)cc1[C@H](C)O. The average Bonchev–Trinajstić information content (AvgIpc) is 2.28. The predicted octanol–water partition coefficient (Wildman–Crippen LogP) is 2.27. The lowest BCUT2D eigenvalue weighted by Crippen LogP contribution is -2.24. The molecule has 0 amide bonds. The normalized spacial score (nSPS) is 12.6. The molecule has 0 aromatic heterocycles. The van der Waals surface area contributed by atoms with Gasteiger partial charge in [-0.05, 0) is 31.5 Å². The quantitative estimate of drug-likeness (QED) is 0.858. The van der Waals surface area contributed by atoms with Crippen molar-refractivity contribution < 1.29 is 14.2 Å². The summed E-state index contributed by atoms with van der Waals surface area (Å²) in [7, 11) is 3.54. The molecule has 0 fully saturated rings. The maximum absolute atomic E-state index is 13.5. The number of halogens is 1. The van der Waals surface area contributed by atoms with Gasteiger partial charge in [0.2, 0.25) is 0 Å². The first-order valence-electron chi connectivity index (χ1n) is 5.65. The fraction of sp³-hybridized carbons (Fsp3) is 0.538. The Hall–Kier alpha value is -1.13. The van der Waals surface area contributed by atoms with Crippen molar-refractivity contribution in [2.75, 3.05) is 32.2 Å². The molecule has 0 aliphatic carbocycles. The molecule has 0 unspecified atom stereocenters. The minimum atomic E-state index is -0.690. The lowest BCUT2D eigenvalue weighted by Gasteiger charge is -2.24. The number of aliphatic hydroxyl groups is 1. The lowest BCUT2D eigenvalue weighted by molar-refractivity contribution is 0.197. The first-order chi connectivity index (χ1) is 7.97. The highest BCUT2D eigenvalue weighted by Crippen LogP contribution is 2.28. The topological polar surface area (TPSA) is 32.7 Å². The number of anilines is 1. The third-order valence-corrected chi connectivity index (χ3v) is 2.80. The Morgan fingerprint density at radius 1 is 1.47 bits per heavy atom. The molecule has 1 N–H and O–H groups in total. The maximum Gasteiger partial charge on any atom is 0.126 e. The fourth-order valence-electron chi connectivity index (χ4n) is 1.70. The number of nitrogens with zero attached hydrogens (tertiary/aromatic N) is 1. The van der Waals surface area contributed by atoms with E-state index in [2.05, 4.69) is 0 Å². The van der Waals surface area contributed by atoms with E-state index < -0.39 is 6.10 Å². The number of hydrogen-bond acceptors (Lipinski definition) is 3. The Morgan fingerprint density at radius 3 is 2.65 bits per heavy atom. The molecule has 0 bridgehead atoms. The number of aliphatic hydroxyl groups excluding tert-OH is 1. The molecule has 0 aliphatic rings. The highest BCUT2D eigenvalue weighted by molar-refractivity contribution is 5.56. The van der Waals surface area contributed by atoms with Gasteiger partial charge in [-0.3, -0.25) is 0 Å². The number of aryl methyl sites for hydroxylation is 1. The Morgan fingerprint density at radius 2 is 2.12 bits per heavy atom. The molecule has 17 heavy (non-hydrogen) atoms.